The molecule has 2 aromatic heterocycles. The van der Waals surface area contributed by atoms with Crippen molar-refractivity contribution in [3.8, 4) is 45.3 Å². The van der Waals surface area contributed by atoms with Crippen LogP contribution in [0.4, 0.5) is 0 Å². The van der Waals surface area contributed by atoms with Gasteiger partial charge in [-0.1, -0.05) is 103 Å². The quantitative estimate of drug-likeness (QED) is 0.237. The number of hydrogen-bond donors (Lipinski definition) is 0. The lowest BCUT2D eigenvalue weighted by Crippen LogP contribution is -2.00. The van der Waals surface area contributed by atoms with Crippen LogP contribution in [0.3, 0.4) is 0 Å². The van der Waals surface area contributed by atoms with Gasteiger partial charge < -0.3 is 4.42 Å². The van der Waals surface area contributed by atoms with Gasteiger partial charge in [0.2, 0.25) is 0 Å². The zero-order chi connectivity index (χ0) is 25.5. The summed E-state index contributed by atoms with van der Waals surface area (Å²) < 4.78 is 6.13. The molecule has 0 unspecified atom stereocenters. The van der Waals surface area contributed by atoms with E-state index in [4.69, 9.17) is 31.0 Å². The number of benzene rings is 5. The SMILES string of the molecule is Clc1ccc2oc3cccc(-c4nc(-c5ccccc5)nc(-c5cccc(-c6ccccc6)c5)n4)c3c2c1. The van der Waals surface area contributed by atoms with Crippen LogP contribution in [-0.2, 0) is 0 Å². The molecule has 5 heteroatoms. The Balaban J connectivity index is 1.47. The molecule has 0 aliphatic carbocycles. The fourth-order valence-corrected chi connectivity index (χ4v) is 4.97. The van der Waals surface area contributed by atoms with E-state index in [1.165, 1.54) is 0 Å². The van der Waals surface area contributed by atoms with E-state index in [0.717, 1.165) is 49.8 Å². The smallest absolute Gasteiger partial charge is 0.164 e. The second kappa shape index (κ2) is 9.25. The molecular weight excluding hydrogens is 490 g/mol. The molecule has 0 saturated heterocycles. The minimum atomic E-state index is 0.576. The third-order valence-corrected chi connectivity index (χ3v) is 6.83. The highest BCUT2D eigenvalue weighted by atomic mass is 35.5. The van der Waals surface area contributed by atoms with Gasteiger partial charge in [0.1, 0.15) is 11.2 Å². The topological polar surface area (TPSA) is 51.8 Å². The van der Waals surface area contributed by atoms with Gasteiger partial charge in [0.05, 0.1) is 0 Å². The highest BCUT2D eigenvalue weighted by Gasteiger charge is 2.18. The molecule has 0 N–H and O–H groups in total. The van der Waals surface area contributed by atoms with Crippen molar-refractivity contribution in [2.45, 2.75) is 0 Å². The van der Waals surface area contributed by atoms with Crippen LogP contribution >= 0.6 is 11.6 Å². The maximum absolute atomic E-state index is 6.37. The average molecular weight is 510 g/mol. The minimum Gasteiger partial charge on any atom is -0.456 e. The summed E-state index contributed by atoms with van der Waals surface area (Å²) in [4.78, 5) is 14.8. The summed E-state index contributed by atoms with van der Waals surface area (Å²) in [5.74, 6) is 1.79. The predicted octanol–water partition coefficient (Wildman–Crippen LogP) is 9.09. The fourth-order valence-electron chi connectivity index (χ4n) is 4.80. The van der Waals surface area contributed by atoms with Crippen molar-refractivity contribution in [1.29, 1.82) is 0 Å². The van der Waals surface area contributed by atoms with Crippen LogP contribution < -0.4 is 0 Å². The summed E-state index contributed by atoms with van der Waals surface area (Å²) in [6.07, 6.45) is 0. The Morgan fingerprint density at radius 3 is 1.89 bits per heavy atom. The Hall–Kier alpha value is -4.80. The molecule has 0 spiro atoms. The van der Waals surface area contributed by atoms with Gasteiger partial charge in [-0.3, -0.25) is 0 Å². The van der Waals surface area contributed by atoms with E-state index in [-0.39, 0.29) is 0 Å². The second-order valence-corrected chi connectivity index (χ2v) is 9.48. The van der Waals surface area contributed by atoms with E-state index >= 15 is 0 Å². The van der Waals surface area contributed by atoms with Crippen molar-refractivity contribution in [1.82, 2.24) is 15.0 Å². The van der Waals surface area contributed by atoms with Crippen molar-refractivity contribution >= 4 is 33.5 Å². The van der Waals surface area contributed by atoms with Crippen molar-refractivity contribution in [3.63, 3.8) is 0 Å². The molecule has 0 fully saturated rings. The number of nitrogens with zero attached hydrogens (tertiary/aromatic N) is 3. The lowest BCUT2D eigenvalue weighted by atomic mass is 10.0. The van der Waals surface area contributed by atoms with Gasteiger partial charge in [-0.25, -0.2) is 15.0 Å². The van der Waals surface area contributed by atoms with E-state index in [2.05, 4.69) is 24.3 Å². The lowest BCUT2D eigenvalue weighted by Gasteiger charge is -2.10. The molecule has 0 atom stereocenters. The Morgan fingerprint density at radius 2 is 1.11 bits per heavy atom. The summed E-state index contributed by atoms with van der Waals surface area (Å²) in [6.45, 7) is 0. The van der Waals surface area contributed by atoms with Crippen molar-refractivity contribution in [2.24, 2.45) is 0 Å². The van der Waals surface area contributed by atoms with Gasteiger partial charge in [0.25, 0.3) is 0 Å². The molecule has 38 heavy (non-hydrogen) atoms. The largest absolute Gasteiger partial charge is 0.456 e. The lowest BCUT2D eigenvalue weighted by molar-refractivity contribution is 0.669. The van der Waals surface area contributed by atoms with E-state index in [1.54, 1.807) is 0 Å². The fraction of sp³-hybridized carbons (Fsp3) is 0. The minimum absolute atomic E-state index is 0.576. The Labute approximate surface area is 224 Å². The van der Waals surface area contributed by atoms with Crippen LogP contribution in [-0.4, -0.2) is 15.0 Å². The zero-order valence-electron chi connectivity index (χ0n) is 20.2. The summed E-state index contributed by atoms with van der Waals surface area (Å²) in [5, 5.41) is 2.51. The third kappa shape index (κ3) is 4.01. The number of furan rings is 1. The zero-order valence-corrected chi connectivity index (χ0v) is 20.9. The van der Waals surface area contributed by atoms with Gasteiger partial charge in [-0.15, -0.1) is 0 Å². The molecule has 7 aromatic rings. The monoisotopic (exact) mass is 509 g/mol. The van der Waals surface area contributed by atoms with Gasteiger partial charge in [0, 0.05) is 32.5 Å². The normalized spacial score (nSPS) is 11.3. The van der Waals surface area contributed by atoms with Crippen molar-refractivity contribution in [2.75, 3.05) is 0 Å². The van der Waals surface area contributed by atoms with Crippen molar-refractivity contribution < 1.29 is 4.42 Å². The maximum atomic E-state index is 6.37. The molecule has 7 rings (SSSR count). The van der Waals surface area contributed by atoms with Crippen LogP contribution in [0, 0.1) is 0 Å². The molecule has 2 heterocycles. The maximum Gasteiger partial charge on any atom is 0.164 e. The number of aromatic nitrogens is 3. The Kier molecular flexibility index (Phi) is 5.46. The van der Waals surface area contributed by atoms with Gasteiger partial charge >= 0.3 is 0 Å². The molecule has 0 aliphatic heterocycles. The molecule has 180 valence electrons. The molecular formula is C33H20ClN3O. The predicted molar refractivity (Wildman–Crippen MR) is 154 cm³/mol. The highest BCUT2D eigenvalue weighted by Crippen LogP contribution is 2.37. The first-order valence-corrected chi connectivity index (χ1v) is 12.7. The van der Waals surface area contributed by atoms with Crippen molar-refractivity contribution in [3.05, 3.63) is 126 Å². The number of fused-ring (bicyclic) bond motifs is 3. The molecule has 0 amide bonds. The second-order valence-electron chi connectivity index (χ2n) is 9.04. The first-order valence-electron chi connectivity index (χ1n) is 12.3. The van der Waals surface area contributed by atoms with E-state index in [0.29, 0.717) is 22.5 Å². The van der Waals surface area contributed by atoms with Crippen LogP contribution in [0.25, 0.3) is 67.2 Å². The average Bonchev–Trinajstić information content (AvgIpc) is 3.36. The van der Waals surface area contributed by atoms with Crippen LogP contribution in [0.15, 0.2) is 126 Å². The summed E-state index contributed by atoms with van der Waals surface area (Å²) in [7, 11) is 0. The summed E-state index contributed by atoms with van der Waals surface area (Å²) >= 11 is 6.37. The van der Waals surface area contributed by atoms with Crippen LogP contribution in [0.5, 0.6) is 0 Å². The molecule has 5 aromatic carbocycles. The summed E-state index contributed by atoms with van der Waals surface area (Å²) in [5.41, 5.74) is 6.47. The molecule has 0 radical (unpaired) electrons. The standard InChI is InChI=1S/C33H20ClN3O/c34-25-17-18-28-27(20-25)30-26(15-8-16-29(30)38-28)33-36-31(22-11-5-2-6-12-22)35-32(37-33)24-14-7-13-23(19-24)21-9-3-1-4-10-21/h1-20H. The molecule has 0 aliphatic rings. The molecule has 0 bridgehead atoms. The summed E-state index contributed by atoms with van der Waals surface area (Å²) in [6, 6.07) is 40.2. The number of hydrogen-bond acceptors (Lipinski definition) is 4. The highest BCUT2D eigenvalue weighted by molar-refractivity contribution is 6.32. The molecule has 0 saturated carbocycles. The van der Waals surface area contributed by atoms with E-state index in [1.807, 2.05) is 97.1 Å². The first-order chi connectivity index (χ1) is 18.7. The van der Waals surface area contributed by atoms with Gasteiger partial charge in [-0.2, -0.15) is 0 Å². The number of rotatable bonds is 4. The van der Waals surface area contributed by atoms with Crippen LogP contribution in [0.2, 0.25) is 5.02 Å². The van der Waals surface area contributed by atoms with Gasteiger partial charge in [0.15, 0.2) is 17.5 Å². The number of halogens is 1. The van der Waals surface area contributed by atoms with Gasteiger partial charge in [-0.05, 0) is 41.5 Å². The third-order valence-electron chi connectivity index (χ3n) is 6.59. The van der Waals surface area contributed by atoms with Crippen LogP contribution in [0.1, 0.15) is 0 Å². The Bertz CT molecular complexity index is 1930. The first kappa shape index (κ1) is 22.4. The Morgan fingerprint density at radius 1 is 0.474 bits per heavy atom. The van der Waals surface area contributed by atoms with E-state index in [9.17, 15) is 0 Å². The van der Waals surface area contributed by atoms with E-state index < -0.39 is 0 Å². The molecule has 4 nitrogen and oxygen atoms in total.